The Balaban J connectivity index is 2.36. The van der Waals surface area contributed by atoms with E-state index in [-0.39, 0.29) is 5.82 Å². The number of nitrogens with one attached hydrogen (secondary N) is 1. The molecule has 0 bridgehead atoms. The number of nitrogen functional groups attached to an aromatic ring is 1. The highest BCUT2D eigenvalue weighted by Gasteiger charge is 2.06. The summed E-state index contributed by atoms with van der Waals surface area (Å²) >= 11 is 3.15. The Morgan fingerprint density at radius 2 is 1.67 bits per heavy atom. The van der Waals surface area contributed by atoms with Gasteiger partial charge in [0, 0.05) is 11.8 Å². The molecule has 18 heavy (non-hydrogen) atoms. The predicted octanol–water partition coefficient (Wildman–Crippen LogP) is 4.53. The molecule has 2 aromatic rings. The van der Waals surface area contributed by atoms with E-state index in [1.165, 1.54) is 6.07 Å². The van der Waals surface area contributed by atoms with Crippen LogP contribution < -0.4 is 11.1 Å². The minimum absolute atomic E-state index is 0.363. The van der Waals surface area contributed by atoms with Gasteiger partial charge in [-0.05, 0) is 59.1 Å². The predicted molar refractivity (Wildman–Crippen MR) is 77.7 cm³/mol. The van der Waals surface area contributed by atoms with Crippen LogP contribution >= 0.6 is 15.9 Å². The fourth-order valence-corrected chi connectivity index (χ4v) is 2.22. The standard InChI is InChI=1S/C14H14BrFN2/c1-8-3-9(2)5-10(4-8)18-14-6-11(15)12(16)7-13(14)17/h3-7,18H,17H2,1-2H3. The van der Waals surface area contributed by atoms with Gasteiger partial charge < -0.3 is 11.1 Å². The van der Waals surface area contributed by atoms with E-state index in [1.54, 1.807) is 6.07 Å². The van der Waals surface area contributed by atoms with E-state index in [4.69, 9.17) is 5.73 Å². The number of hydrogen-bond acceptors (Lipinski definition) is 2. The summed E-state index contributed by atoms with van der Waals surface area (Å²) in [4.78, 5) is 0. The number of nitrogens with two attached hydrogens (primary N) is 1. The Kier molecular flexibility index (Phi) is 3.57. The van der Waals surface area contributed by atoms with Crippen LogP contribution in [0.1, 0.15) is 11.1 Å². The van der Waals surface area contributed by atoms with E-state index >= 15 is 0 Å². The number of halogens is 2. The molecule has 0 spiro atoms. The fourth-order valence-electron chi connectivity index (χ4n) is 1.87. The zero-order valence-electron chi connectivity index (χ0n) is 10.2. The third-order valence-electron chi connectivity index (χ3n) is 2.59. The second-order valence-electron chi connectivity index (χ2n) is 4.35. The minimum Gasteiger partial charge on any atom is -0.397 e. The van der Waals surface area contributed by atoms with Gasteiger partial charge in [0.2, 0.25) is 0 Å². The molecule has 0 atom stereocenters. The molecule has 0 aliphatic heterocycles. The molecular formula is C14H14BrFN2. The van der Waals surface area contributed by atoms with Crippen molar-refractivity contribution in [2.75, 3.05) is 11.1 Å². The molecule has 2 nitrogen and oxygen atoms in total. The molecule has 0 fully saturated rings. The second-order valence-corrected chi connectivity index (χ2v) is 5.21. The lowest BCUT2D eigenvalue weighted by Crippen LogP contribution is -1.98. The summed E-state index contributed by atoms with van der Waals surface area (Å²) < 4.78 is 13.7. The maximum atomic E-state index is 13.3. The van der Waals surface area contributed by atoms with Gasteiger partial charge in [-0.15, -0.1) is 0 Å². The first kappa shape index (κ1) is 12.9. The van der Waals surface area contributed by atoms with E-state index < -0.39 is 0 Å². The first-order chi connectivity index (χ1) is 8.45. The largest absolute Gasteiger partial charge is 0.397 e. The van der Waals surface area contributed by atoms with Gasteiger partial charge in [0.15, 0.2) is 0 Å². The smallest absolute Gasteiger partial charge is 0.139 e. The first-order valence-electron chi connectivity index (χ1n) is 5.55. The van der Waals surface area contributed by atoms with Crippen molar-refractivity contribution in [1.82, 2.24) is 0 Å². The van der Waals surface area contributed by atoms with Crippen molar-refractivity contribution in [1.29, 1.82) is 0 Å². The van der Waals surface area contributed by atoms with Crippen molar-refractivity contribution in [2.24, 2.45) is 0 Å². The normalized spacial score (nSPS) is 10.4. The van der Waals surface area contributed by atoms with Crippen LogP contribution in [0.4, 0.5) is 21.5 Å². The first-order valence-corrected chi connectivity index (χ1v) is 6.35. The Morgan fingerprint density at radius 3 is 2.28 bits per heavy atom. The van der Waals surface area contributed by atoms with Gasteiger partial charge in [0.25, 0.3) is 0 Å². The lowest BCUT2D eigenvalue weighted by atomic mass is 10.1. The van der Waals surface area contributed by atoms with Gasteiger partial charge in [-0.1, -0.05) is 6.07 Å². The highest BCUT2D eigenvalue weighted by molar-refractivity contribution is 9.10. The molecule has 94 valence electrons. The Bertz CT molecular complexity index is 576. The van der Waals surface area contributed by atoms with Crippen LogP contribution in [0.3, 0.4) is 0 Å². The molecule has 4 heteroatoms. The molecule has 0 aliphatic carbocycles. The lowest BCUT2D eigenvalue weighted by molar-refractivity contribution is 0.622. The van der Waals surface area contributed by atoms with Crippen molar-refractivity contribution < 1.29 is 4.39 Å². The average Bonchev–Trinajstić information content (AvgIpc) is 2.24. The minimum atomic E-state index is -0.363. The molecule has 0 saturated heterocycles. The SMILES string of the molecule is Cc1cc(C)cc(Nc2cc(Br)c(F)cc2N)c1. The zero-order valence-corrected chi connectivity index (χ0v) is 11.8. The topological polar surface area (TPSA) is 38.0 Å². The van der Waals surface area contributed by atoms with Gasteiger partial charge in [-0.2, -0.15) is 0 Å². The van der Waals surface area contributed by atoms with Crippen molar-refractivity contribution in [3.8, 4) is 0 Å². The zero-order chi connectivity index (χ0) is 13.3. The summed E-state index contributed by atoms with van der Waals surface area (Å²) in [7, 11) is 0. The average molecular weight is 309 g/mol. The van der Waals surface area contributed by atoms with Crippen molar-refractivity contribution in [3.05, 3.63) is 51.7 Å². The number of rotatable bonds is 2. The Morgan fingerprint density at radius 1 is 1.06 bits per heavy atom. The molecule has 3 N–H and O–H groups in total. The van der Waals surface area contributed by atoms with Crippen LogP contribution in [-0.2, 0) is 0 Å². The quantitative estimate of drug-likeness (QED) is 0.800. The van der Waals surface area contributed by atoms with Crippen molar-refractivity contribution in [2.45, 2.75) is 13.8 Å². The molecule has 0 amide bonds. The molecular weight excluding hydrogens is 295 g/mol. The van der Waals surface area contributed by atoms with Crippen LogP contribution in [0, 0.1) is 19.7 Å². The number of aryl methyl sites for hydroxylation is 2. The van der Waals surface area contributed by atoms with E-state index in [1.807, 2.05) is 26.0 Å². The third kappa shape index (κ3) is 2.82. The summed E-state index contributed by atoms with van der Waals surface area (Å²) in [5, 5.41) is 3.20. The van der Waals surface area contributed by atoms with E-state index in [0.717, 1.165) is 16.8 Å². The number of benzene rings is 2. The summed E-state index contributed by atoms with van der Waals surface area (Å²) in [6.07, 6.45) is 0. The molecule has 0 heterocycles. The van der Waals surface area contributed by atoms with Crippen LogP contribution in [0.25, 0.3) is 0 Å². The number of hydrogen-bond donors (Lipinski definition) is 2. The van der Waals surface area contributed by atoms with Crippen molar-refractivity contribution in [3.63, 3.8) is 0 Å². The second kappa shape index (κ2) is 4.98. The third-order valence-corrected chi connectivity index (χ3v) is 3.20. The molecule has 0 saturated carbocycles. The maximum Gasteiger partial charge on any atom is 0.139 e. The molecule has 2 rings (SSSR count). The van der Waals surface area contributed by atoms with Crippen LogP contribution in [0.2, 0.25) is 0 Å². The number of anilines is 3. The molecule has 0 aromatic heterocycles. The molecule has 0 aliphatic rings. The molecule has 0 radical (unpaired) electrons. The molecule has 0 unspecified atom stereocenters. The Hall–Kier alpha value is -1.55. The van der Waals surface area contributed by atoms with Gasteiger partial charge in [0.05, 0.1) is 15.8 Å². The summed E-state index contributed by atoms with van der Waals surface area (Å²) in [5.41, 5.74) is 10.1. The lowest BCUT2D eigenvalue weighted by Gasteiger charge is -2.12. The maximum absolute atomic E-state index is 13.3. The van der Waals surface area contributed by atoms with E-state index in [0.29, 0.717) is 15.8 Å². The molecule has 2 aromatic carbocycles. The van der Waals surface area contributed by atoms with Crippen LogP contribution in [0.15, 0.2) is 34.8 Å². The van der Waals surface area contributed by atoms with Crippen LogP contribution in [0.5, 0.6) is 0 Å². The highest BCUT2D eigenvalue weighted by Crippen LogP contribution is 2.29. The monoisotopic (exact) mass is 308 g/mol. The van der Waals surface area contributed by atoms with Gasteiger partial charge in [-0.25, -0.2) is 4.39 Å². The summed E-state index contributed by atoms with van der Waals surface area (Å²) in [6, 6.07) is 9.07. The van der Waals surface area contributed by atoms with E-state index in [2.05, 4.69) is 27.3 Å². The van der Waals surface area contributed by atoms with Gasteiger partial charge in [0.1, 0.15) is 5.82 Å². The van der Waals surface area contributed by atoms with Crippen LogP contribution in [-0.4, -0.2) is 0 Å². The van der Waals surface area contributed by atoms with E-state index in [9.17, 15) is 4.39 Å². The van der Waals surface area contributed by atoms with Crippen molar-refractivity contribution >= 4 is 33.0 Å². The fraction of sp³-hybridized carbons (Fsp3) is 0.143. The highest BCUT2D eigenvalue weighted by atomic mass is 79.9. The van der Waals surface area contributed by atoms with Gasteiger partial charge >= 0.3 is 0 Å². The van der Waals surface area contributed by atoms with Gasteiger partial charge in [-0.3, -0.25) is 0 Å². The summed E-state index contributed by atoms with van der Waals surface area (Å²) in [6.45, 7) is 4.06. The summed E-state index contributed by atoms with van der Waals surface area (Å²) in [5.74, 6) is -0.363. The Labute approximate surface area is 114 Å².